The highest BCUT2D eigenvalue weighted by atomic mass is 15.3. The molecule has 0 bridgehead atoms. The molecule has 1 rings (SSSR count). The second kappa shape index (κ2) is 4.99. The Bertz CT molecular complexity index is 125. The summed E-state index contributed by atoms with van der Waals surface area (Å²) in [6.45, 7) is 15.6. The summed E-state index contributed by atoms with van der Waals surface area (Å²) in [6.07, 6.45) is 2.75. The average Bonchev–Trinajstić information content (AvgIpc) is 2.33. The molecule has 0 amide bonds. The maximum absolute atomic E-state index is 2.63. The molecule has 0 spiro atoms. The van der Waals surface area contributed by atoms with Crippen LogP contribution in [0.2, 0.25) is 0 Å². The van der Waals surface area contributed by atoms with Gasteiger partial charge in [0.15, 0.2) is 0 Å². The van der Waals surface area contributed by atoms with Gasteiger partial charge in [0.1, 0.15) is 0 Å². The van der Waals surface area contributed by atoms with Crippen LogP contribution in [0.15, 0.2) is 0 Å². The van der Waals surface area contributed by atoms with E-state index in [1.165, 1.54) is 12.8 Å². The van der Waals surface area contributed by atoms with Crippen molar-refractivity contribution in [2.45, 2.75) is 78.9 Å². The lowest BCUT2D eigenvalue weighted by Gasteiger charge is -2.39. The van der Waals surface area contributed by atoms with E-state index in [1.54, 1.807) is 0 Å². The Hall–Kier alpha value is -0.0400. The normalized spacial score (nSPS) is 29.8. The summed E-state index contributed by atoms with van der Waals surface area (Å²) in [5.41, 5.74) is 0.356. The Kier molecular flexibility index (Phi) is 4.98. The third kappa shape index (κ3) is 3.30. The molecule has 1 aliphatic heterocycles. The minimum Gasteiger partial charge on any atom is -0.293 e. The average molecular weight is 185 g/mol. The second-order valence-corrected chi connectivity index (χ2v) is 4.85. The Morgan fingerprint density at radius 1 is 0.923 bits per heavy atom. The molecule has 0 radical (unpaired) electrons. The van der Waals surface area contributed by atoms with E-state index in [-0.39, 0.29) is 0 Å². The predicted molar refractivity (Wildman–Crippen MR) is 61.1 cm³/mol. The summed E-state index contributed by atoms with van der Waals surface area (Å²) in [6, 6.07) is 1.56. The quantitative estimate of drug-likeness (QED) is 0.556. The lowest BCUT2D eigenvalue weighted by molar-refractivity contribution is 0.0912. The molecule has 80 valence electrons. The first kappa shape index (κ1) is 13.0. The van der Waals surface area contributed by atoms with Crippen LogP contribution in [-0.4, -0.2) is 22.5 Å². The lowest BCUT2D eigenvalue weighted by Crippen LogP contribution is -2.47. The third-order valence-corrected chi connectivity index (χ3v) is 2.73. The molecule has 1 aliphatic rings. The molecule has 1 heterocycles. The Morgan fingerprint density at radius 3 is 1.38 bits per heavy atom. The summed E-state index contributed by atoms with van der Waals surface area (Å²) in [5.74, 6) is 0. The number of nitrogens with zero attached hydrogens (tertiary/aromatic N) is 1. The Morgan fingerprint density at radius 2 is 1.23 bits per heavy atom. The van der Waals surface area contributed by atoms with Crippen molar-refractivity contribution in [3.63, 3.8) is 0 Å². The number of hydrogen-bond acceptors (Lipinski definition) is 1. The van der Waals surface area contributed by atoms with Crippen LogP contribution in [0.4, 0.5) is 0 Å². The monoisotopic (exact) mass is 185 g/mol. The van der Waals surface area contributed by atoms with Crippen molar-refractivity contribution in [3.05, 3.63) is 0 Å². The molecule has 0 N–H and O–H groups in total. The largest absolute Gasteiger partial charge is 0.293 e. The summed E-state index contributed by atoms with van der Waals surface area (Å²) in [4.78, 5) is 2.63. The van der Waals surface area contributed by atoms with Gasteiger partial charge in [0.05, 0.1) is 0 Å². The summed E-state index contributed by atoms with van der Waals surface area (Å²) >= 11 is 0. The predicted octanol–water partition coefficient (Wildman–Crippen LogP) is 3.68. The van der Waals surface area contributed by atoms with E-state index in [4.69, 9.17) is 0 Å². The van der Waals surface area contributed by atoms with Crippen LogP contribution in [-0.2, 0) is 0 Å². The molecule has 1 heteroatoms. The molecule has 0 aliphatic carbocycles. The first-order valence-corrected chi connectivity index (χ1v) is 5.71. The van der Waals surface area contributed by atoms with Crippen molar-refractivity contribution >= 4 is 0 Å². The lowest BCUT2D eigenvalue weighted by atomic mass is 10.0. The summed E-state index contributed by atoms with van der Waals surface area (Å²) < 4.78 is 0. The van der Waals surface area contributed by atoms with Gasteiger partial charge in [-0.25, -0.2) is 0 Å². The van der Waals surface area contributed by atoms with Crippen LogP contribution in [0, 0.1) is 0 Å². The minimum absolute atomic E-state index is 0.356. The molecule has 0 aromatic rings. The topological polar surface area (TPSA) is 3.24 Å². The highest BCUT2D eigenvalue weighted by molar-refractivity contribution is 4.90. The van der Waals surface area contributed by atoms with Gasteiger partial charge < -0.3 is 0 Å². The fourth-order valence-electron chi connectivity index (χ4n) is 2.52. The van der Waals surface area contributed by atoms with Gasteiger partial charge in [-0.3, -0.25) is 4.90 Å². The van der Waals surface area contributed by atoms with Gasteiger partial charge in [-0.05, 0) is 47.5 Å². The van der Waals surface area contributed by atoms with Crippen LogP contribution in [0.5, 0.6) is 0 Å². The highest BCUT2D eigenvalue weighted by Gasteiger charge is 2.34. The zero-order valence-corrected chi connectivity index (χ0v) is 10.5. The smallest absolute Gasteiger partial charge is 0.0130 e. The van der Waals surface area contributed by atoms with Gasteiger partial charge in [0.25, 0.3) is 0 Å². The van der Waals surface area contributed by atoms with Crippen LogP contribution < -0.4 is 0 Å². The molecule has 0 aromatic carbocycles. The molecule has 0 saturated carbocycles. The number of likely N-dealkylation sites (tertiary alicyclic amines) is 1. The van der Waals surface area contributed by atoms with Crippen molar-refractivity contribution in [1.29, 1.82) is 0 Å². The van der Waals surface area contributed by atoms with E-state index in [9.17, 15) is 0 Å². The van der Waals surface area contributed by atoms with E-state index in [2.05, 4.69) is 39.5 Å². The van der Waals surface area contributed by atoms with Crippen molar-refractivity contribution in [2.75, 3.05) is 0 Å². The molecule has 2 unspecified atom stereocenters. The number of rotatable bonds is 0. The summed E-state index contributed by atoms with van der Waals surface area (Å²) in [5, 5.41) is 0. The van der Waals surface area contributed by atoms with Crippen LogP contribution >= 0.6 is 0 Å². The standard InChI is InChI=1S/C10H21N.C2H6/c1-8-6-7-9(2)11(8)10(3,4)5;1-2/h8-9H,6-7H2,1-5H3;1-2H3. The van der Waals surface area contributed by atoms with Gasteiger partial charge >= 0.3 is 0 Å². The molecule has 0 aromatic heterocycles. The Balaban J connectivity index is 0.000000671. The minimum atomic E-state index is 0.356. The molecule has 13 heavy (non-hydrogen) atoms. The van der Waals surface area contributed by atoms with Crippen LogP contribution in [0.25, 0.3) is 0 Å². The van der Waals surface area contributed by atoms with Crippen molar-refractivity contribution < 1.29 is 0 Å². The maximum atomic E-state index is 2.63. The fraction of sp³-hybridized carbons (Fsp3) is 1.00. The van der Waals surface area contributed by atoms with Gasteiger partial charge in [-0.2, -0.15) is 0 Å². The first-order chi connectivity index (χ1) is 5.93. The van der Waals surface area contributed by atoms with Gasteiger partial charge in [-0.1, -0.05) is 13.8 Å². The van der Waals surface area contributed by atoms with Crippen molar-refractivity contribution in [3.8, 4) is 0 Å². The molecular formula is C12H27N. The molecule has 1 nitrogen and oxygen atoms in total. The van der Waals surface area contributed by atoms with Crippen LogP contribution in [0.3, 0.4) is 0 Å². The van der Waals surface area contributed by atoms with E-state index in [0.717, 1.165) is 12.1 Å². The molecule has 1 fully saturated rings. The van der Waals surface area contributed by atoms with Gasteiger partial charge in [0.2, 0.25) is 0 Å². The van der Waals surface area contributed by atoms with Gasteiger partial charge in [0, 0.05) is 17.6 Å². The number of hydrogen-bond donors (Lipinski definition) is 0. The SMILES string of the molecule is CC.CC1CCC(C)N1C(C)(C)C. The Labute approximate surface area is 84.5 Å². The van der Waals surface area contributed by atoms with E-state index in [1.807, 2.05) is 13.8 Å². The van der Waals surface area contributed by atoms with E-state index < -0.39 is 0 Å². The second-order valence-electron chi connectivity index (χ2n) is 4.85. The fourth-order valence-corrected chi connectivity index (χ4v) is 2.52. The van der Waals surface area contributed by atoms with E-state index >= 15 is 0 Å². The third-order valence-electron chi connectivity index (χ3n) is 2.73. The molecule has 1 saturated heterocycles. The van der Waals surface area contributed by atoms with E-state index in [0.29, 0.717) is 5.54 Å². The maximum Gasteiger partial charge on any atom is 0.0130 e. The van der Waals surface area contributed by atoms with Crippen LogP contribution in [0.1, 0.15) is 61.3 Å². The van der Waals surface area contributed by atoms with Crippen molar-refractivity contribution in [1.82, 2.24) is 4.90 Å². The zero-order valence-electron chi connectivity index (χ0n) is 10.5. The van der Waals surface area contributed by atoms with Gasteiger partial charge in [-0.15, -0.1) is 0 Å². The molecular weight excluding hydrogens is 158 g/mol. The summed E-state index contributed by atoms with van der Waals surface area (Å²) in [7, 11) is 0. The highest BCUT2D eigenvalue weighted by Crippen LogP contribution is 2.30. The first-order valence-electron chi connectivity index (χ1n) is 5.71. The zero-order chi connectivity index (χ0) is 10.6. The molecule has 2 atom stereocenters. The van der Waals surface area contributed by atoms with Crippen molar-refractivity contribution in [2.24, 2.45) is 0 Å².